The normalized spacial score (nSPS) is 15.4. The van der Waals surface area contributed by atoms with Crippen LogP contribution in [0.2, 0.25) is 0 Å². The van der Waals surface area contributed by atoms with Crippen LogP contribution in [-0.4, -0.2) is 17.0 Å². The zero-order valence-corrected chi connectivity index (χ0v) is 9.72. The zero-order valence-electron chi connectivity index (χ0n) is 8.90. The summed E-state index contributed by atoms with van der Waals surface area (Å²) in [5.74, 6) is 1.03. The van der Waals surface area contributed by atoms with E-state index < -0.39 is 0 Å². The number of furan rings is 1. The highest BCUT2D eigenvalue weighted by Gasteiger charge is 2.07. The highest BCUT2D eigenvalue weighted by molar-refractivity contribution is 7.99. The maximum absolute atomic E-state index is 6.01. The molecule has 2 N–H and O–H groups in total. The van der Waals surface area contributed by atoms with Crippen LogP contribution < -0.4 is 5.73 Å². The predicted molar refractivity (Wildman–Crippen MR) is 62.6 cm³/mol. The minimum atomic E-state index is 0.242. The van der Waals surface area contributed by atoms with E-state index in [-0.39, 0.29) is 6.04 Å². The lowest BCUT2D eigenvalue weighted by atomic mass is 10.1. The summed E-state index contributed by atoms with van der Waals surface area (Å²) in [5, 5.41) is 0.713. The van der Waals surface area contributed by atoms with Gasteiger partial charge in [0.25, 0.3) is 0 Å². The van der Waals surface area contributed by atoms with E-state index in [1.807, 2.05) is 17.8 Å². The first-order valence-corrected chi connectivity index (χ1v) is 6.15. The number of nitrogens with two attached hydrogens (primary N) is 1. The van der Waals surface area contributed by atoms with E-state index in [1.165, 1.54) is 12.0 Å². The van der Waals surface area contributed by atoms with Crippen molar-refractivity contribution in [3.63, 3.8) is 0 Å². The molecule has 0 saturated carbocycles. The summed E-state index contributed by atoms with van der Waals surface area (Å²) < 4.78 is 5.00. The molecule has 1 heterocycles. The van der Waals surface area contributed by atoms with E-state index in [1.54, 1.807) is 12.5 Å². The van der Waals surface area contributed by atoms with Crippen molar-refractivity contribution in [1.82, 2.24) is 0 Å². The fraction of sp³-hybridized carbons (Fsp3) is 0.636. The molecule has 0 aromatic carbocycles. The molecule has 0 spiro atoms. The lowest BCUT2D eigenvalue weighted by molar-refractivity contribution is 0.562. The van der Waals surface area contributed by atoms with E-state index in [0.717, 1.165) is 12.2 Å². The van der Waals surface area contributed by atoms with Gasteiger partial charge in [-0.25, -0.2) is 0 Å². The van der Waals surface area contributed by atoms with Gasteiger partial charge in [0.1, 0.15) is 0 Å². The molecule has 1 rings (SSSR count). The Kier molecular flexibility index (Phi) is 5.12. The topological polar surface area (TPSA) is 39.2 Å². The van der Waals surface area contributed by atoms with Crippen LogP contribution >= 0.6 is 11.8 Å². The van der Waals surface area contributed by atoms with Crippen LogP contribution in [0.5, 0.6) is 0 Å². The molecule has 0 aliphatic rings. The summed E-state index contributed by atoms with van der Waals surface area (Å²) in [5.41, 5.74) is 7.20. The SMILES string of the molecule is CCC(C)SCC(N)Cc1ccoc1. The molecular formula is C11H19NOS. The van der Waals surface area contributed by atoms with Gasteiger partial charge >= 0.3 is 0 Å². The Labute approximate surface area is 90.2 Å². The van der Waals surface area contributed by atoms with Crippen LogP contribution in [0.3, 0.4) is 0 Å². The van der Waals surface area contributed by atoms with Gasteiger partial charge in [0.15, 0.2) is 0 Å². The predicted octanol–water partition coefficient (Wildman–Crippen LogP) is 2.68. The van der Waals surface area contributed by atoms with Crippen molar-refractivity contribution in [2.24, 2.45) is 5.73 Å². The van der Waals surface area contributed by atoms with Gasteiger partial charge in [-0.2, -0.15) is 11.8 Å². The Morgan fingerprint density at radius 2 is 2.36 bits per heavy atom. The molecule has 1 aromatic rings. The fourth-order valence-electron chi connectivity index (χ4n) is 1.18. The van der Waals surface area contributed by atoms with Crippen LogP contribution in [0.1, 0.15) is 25.8 Å². The van der Waals surface area contributed by atoms with Gasteiger partial charge in [0, 0.05) is 17.0 Å². The van der Waals surface area contributed by atoms with Crippen LogP contribution in [0.25, 0.3) is 0 Å². The number of rotatable bonds is 6. The third-order valence-corrected chi connectivity index (χ3v) is 3.77. The van der Waals surface area contributed by atoms with Gasteiger partial charge in [0.2, 0.25) is 0 Å². The molecule has 80 valence electrons. The van der Waals surface area contributed by atoms with E-state index >= 15 is 0 Å². The Morgan fingerprint density at radius 1 is 1.57 bits per heavy atom. The smallest absolute Gasteiger partial charge is 0.0935 e. The molecule has 2 nitrogen and oxygen atoms in total. The Hall–Kier alpha value is -0.410. The minimum absolute atomic E-state index is 0.242. The van der Waals surface area contributed by atoms with Crippen molar-refractivity contribution in [1.29, 1.82) is 0 Å². The molecule has 0 aliphatic carbocycles. The third kappa shape index (κ3) is 4.20. The van der Waals surface area contributed by atoms with Crippen LogP contribution in [-0.2, 0) is 6.42 Å². The van der Waals surface area contributed by atoms with Gasteiger partial charge in [-0.15, -0.1) is 0 Å². The fourth-order valence-corrected chi connectivity index (χ4v) is 2.11. The van der Waals surface area contributed by atoms with E-state index in [9.17, 15) is 0 Å². The van der Waals surface area contributed by atoms with Crippen molar-refractivity contribution in [3.8, 4) is 0 Å². The Morgan fingerprint density at radius 3 is 2.93 bits per heavy atom. The summed E-state index contributed by atoms with van der Waals surface area (Å²) in [6.07, 6.45) is 5.60. The quantitative estimate of drug-likeness (QED) is 0.789. The average molecular weight is 213 g/mol. The molecule has 2 atom stereocenters. The highest BCUT2D eigenvalue weighted by Crippen LogP contribution is 2.15. The second-order valence-corrected chi connectivity index (χ2v) is 5.12. The van der Waals surface area contributed by atoms with Gasteiger partial charge in [-0.3, -0.25) is 0 Å². The molecule has 3 heteroatoms. The van der Waals surface area contributed by atoms with Crippen LogP contribution in [0, 0.1) is 0 Å². The maximum atomic E-state index is 6.01. The largest absolute Gasteiger partial charge is 0.472 e. The molecule has 0 amide bonds. The van der Waals surface area contributed by atoms with Crippen LogP contribution in [0.4, 0.5) is 0 Å². The lowest BCUT2D eigenvalue weighted by Crippen LogP contribution is -2.26. The highest BCUT2D eigenvalue weighted by atomic mass is 32.2. The zero-order chi connectivity index (χ0) is 10.4. The van der Waals surface area contributed by atoms with E-state index in [2.05, 4.69) is 13.8 Å². The molecule has 0 fully saturated rings. The van der Waals surface area contributed by atoms with Gasteiger partial charge in [0.05, 0.1) is 12.5 Å². The molecule has 14 heavy (non-hydrogen) atoms. The summed E-state index contributed by atoms with van der Waals surface area (Å²) in [6.45, 7) is 4.45. The second kappa shape index (κ2) is 6.14. The van der Waals surface area contributed by atoms with Gasteiger partial charge in [-0.05, 0) is 24.5 Å². The van der Waals surface area contributed by atoms with E-state index in [0.29, 0.717) is 5.25 Å². The van der Waals surface area contributed by atoms with Crippen molar-refractivity contribution in [2.75, 3.05) is 5.75 Å². The molecule has 1 aromatic heterocycles. The van der Waals surface area contributed by atoms with Crippen LogP contribution in [0.15, 0.2) is 23.0 Å². The number of thioether (sulfide) groups is 1. The first-order valence-electron chi connectivity index (χ1n) is 5.10. The Balaban J connectivity index is 2.19. The maximum Gasteiger partial charge on any atom is 0.0935 e. The summed E-state index contributed by atoms with van der Waals surface area (Å²) >= 11 is 1.95. The Bertz CT molecular complexity index is 235. The lowest BCUT2D eigenvalue weighted by Gasteiger charge is -2.13. The summed E-state index contributed by atoms with van der Waals surface area (Å²) in [7, 11) is 0. The van der Waals surface area contributed by atoms with Crippen molar-refractivity contribution in [2.45, 2.75) is 38.0 Å². The molecule has 0 bridgehead atoms. The monoisotopic (exact) mass is 213 g/mol. The van der Waals surface area contributed by atoms with Gasteiger partial charge in [-0.1, -0.05) is 13.8 Å². The molecule has 0 aliphatic heterocycles. The number of hydrogen-bond donors (Lipinski definition) is 1. The third-order valence-electron chi connectivity index (χ3n) is 2.25. The van der Waals surface area contributed by atoms with Gasteiger partial charge < -0.3 is 10.2 Å². The summed E-state index contributed by atoms with van der Waals surface area (Å²) in [6, 6.07) is 2.22. The van der Waals surface area contributed by atoms with Crippen molar-refractivity contribution < 1.29 is 4.42 Å². The van der Waals surface area contributed by atoms with E-state index in [4.69, 9.17) is 10.2 Å². The molecule has 0 saturated heterocycles. The van der Waals surface area contributed by atoms with Crippen molar-refractivity contribution in [3.05, 3.63) is 24.2 Å². The first-order chi connectivity index (χ1) is 6.72. The molecule has 0 radical (unpaired) electrons. The molecule has 2 unspecified atom stereocenters. The average Bonchev–Trinajstić information content (AvgIpc) is 2.66. The first kappa shape index (κ1) is 11.7. The van der Waals surface area contributed by atoms with Crippen molar-refractivity contribution >= 4 is 11.8 Å². The minimum Gasteiger partial charge on any atom is -0.472 e. The number of hydrogen-bond acceptors (Lipinski definition) is 3. The summed E-state index contributed by atoms with van der Waals surface area (Å²) in [4.78, 5) is 0. The molecular weight excluding hydrogens is 194 g/mol. The standard InChI is InChI=1S/C11H19NOS/c1-3-9(2)14-8-11(12)6-10-4-5-13-7-10/h4-5,7,9,11H,3,6,8,12H2,1-2H3. The second-order valence-electron chi connectivity index (χ2n) is 3.65.